The first-order valence-corrected chi connectivity index (χ1v) is 5.04. The molecule has 0 unspecified atom stereocenters. The van der Waals surface area contributed by atoms with E-state index >= 15 is 0 Å². The topological polar surface area (TPSA) is 76.7 Å². The summed E-state index contributed by atoms with van der Waals surface area (Å²) >= 11 is 5.77. The number of hydrogen-bond acceptors (Lipinski definition) is 5. The summed E-state index contributed by atoms with van der Waals surface area (Å²) in [5.74, 6) is 0.561. The first-order chi connectivity index (χ1) is 7.75. The molecule has 2 heterocycles. The number of anilines is 2. The highest BCUT2D eigenvalue weighted by atomic mass is 35.5. The molecule has 0 aliphatic carbocycles. The molecule has 0 saturated heterocycles. The van der Waals surface area contributed by atoms with E-state index in [4.69, 9.17) is 17.3 Å². The smallest absolute Gasteiger partial charge is 0.151 e. The molecule has 0 aromatic carbocycles. The standard InChI is InChI=1S/C10H10ClN5/c11-9-2-1-8(12)10(16-9)14-5-7-3-4-13-6-15-7/h1-4,6H,5,12H2,(H,14,16). The Balaban J connectivity index is 2.08. The highest BCUT2D eigenvalue weighted by molar-refractivity contribution is 6.29. The molecule has 0 amide bonds. The van der Waals surface area contributed by atoms with E-state index in [1.807, 2.05) is 6.07 Å². The summed E-state index contributed by atoms with van der Waals surface area (Å²) in [6.45, 7) is 0.528. The molecule has 0 radical (unpaired) electrons. The van der Waals surface area contributed by atoms with Crippen molar-refractivity contribution < 1.29 is 0 Å². The van der Waals surface area contributed by atoms with Crippen LogP contribution in [-0.4, -0.2) is 15.0 Å². The second kappa shape index (κ2) is 4.76. The van der Waals surface area contributed by atoms with Gasteiger partial charge in [0.05, 0.1) is 17.9 Å². The minimum Gasteiger partial charge on any atom is -0.396 e. The summed E-state index contributed by atoms with van der Waals surface area (Å²) in [5.41, 5.74) is 7.15. The van der Waals surface area contributed by atoms with Crippen LogP contribution in [0.4, 0.5) is 11.5 Å². The van der Waals surface area contributed by atoms with Gasteiger partial charge in [0.25, 0.3) is 0 Å². The first-order valence-electron chi connectivity index (χ1n) is 4.66. The van der Waals surface area contributed by atoms with Crippen LogP contribution in [0.15, 0.2) is 30.7 Å². The van der Waals surface area contributed by atoms with Gasteiger partial charge in [-0.2, -0.15) is 0 Å². The fourth-order valence-electron chi connectivity index (χ4n) is 1.18. The van der Waals surface area contributed by atoms with Crippen LogP contribution >= 0.6 is 11.6 Å². The first kappa shape index (κ1) is 10.6. The van der Waals surface area contributed by atoms with Gasteiger partial charge in [0, 0.05) is 6.20 Å². The van der Waals surface area contributed by atoms with Gasteiger partial charge in [0.15, 0.2) is 5.82 Å². The lowest BCUT2D eigenvalue weighted by Gasteiger charge is -2.07. The molecule has 2 rings (SSSR count). The second-order valence-electron chi connectivity index (χ2n) is 3.13. The average molecular weight is 236 g/mol. The van der Waals surface area contributed by atoms with Crippen LogP contribution in [0.1, 0.15) is 5.69 Å². The van der Waals surface area contributed by atoms with Crippen molar-refractivity contribution in [3.63, 3.8) is 0 Å². The van der Waals surface area contributed by atoms with Crippen molar-refractivity contribution in [3.8, 4) is 0 Å². The van der Waals surface area contributed by atoms with Crippen LogP contribution in [-0.2, 0) is 6.54 Å². The Kier molecular flexibility index (Phi) is 3.16. The number of nitrogens with zero attached hydrogens (tertiary/aromatic N) is 3. The van der Waals surface area contributed by atoms with Crippen molar-refractivity contribution in [2.45, 2.75) is 6.54 Å². The minimum absolute atomic E-state index is 0.402. The molecule has 0 aliphatic rings. The Morgan fingerprint density at radius 1 is 1.31 bits per heavy atom. The maximum absolute atomic E-state index is 5.77. The summed E-state index contributed by atoms with van der Waals surface area (Å²) in [7, 11) is 0. The van der Waals surface area contributed by atoms with Gasteiger partial charge in [-0.15, -0.1) is 0 Å². The number of pyridine rings is 1. The number of aromatic nitrogens is 3. The van der Waals surface area contributed by atoms with Crippen molar-refractivity contribution in [2.75, 3.05) is 11.1 Å². The summed E-state index contributed by atoms with van der Waals surface area (Å²) in [6, 6.07) is 5.16. The van der Waals surface area contributed by atoms with Crippen molar-refractivity contribution in [3.05, 3.63) is 41.6 Å². The molecule has 6 heteroatoms. The fraction of sp³-hybridized carbons (Fsp3) is 0.100. The lowest BCUT2D eigenvalue weighted by atomic mass is 10.3. The van der Waals surface area contributed by atoms with Crippen LogP contribution in [0, 0.1) is 0 Å². The predicted octanol–water partition coefficient (Wildman–Crippen LogP) is 1.72. The van der Waals surface area contributed by atoms with Crippen LogP contribution in [0.25, 0.3) is 0 Å². The quantitative estimate of drug-likeness (QED) is 0.793. The summed E-state index contributed by atoms with van der Waals surface area (Å²) in [6.07, 6.45) is 3.17. The Hall–Kier alpha value is -1.88. The Bertz CT molecular complexity index is 474. The van der Waals surface area contributed by atoms with Crippen LogP contribution in [0.5, 0.6) is 0 Å². The number of rotatable bonds is 3. The molecule has 0 atom stereocenters. The predicted molar refractivity (Wildman–Crippen MR) is 63.0 cm³/mol. The molecular weight excluding hydrogens is 226 g/mol. The third-order valence-corrected chi connectivity index (χ3v) is 2.18. The lowest BCUT2D eigenvalue weighted by Crippen LogP contribution is -2.05. The molecule has 16 heavy (non-hydrogen) atoms. The van der Waals surface area contributed by atoms with E-state index in [0.29, 0.717) is 23.2 Å². The molecular formula is C10H10ClN5. The van der Waals surface area contributed by atoms with E-state index < -0.39 is 0 Å². The van der Waals surface area contributed by atoms with E-state index in [2.05, 4.69) is 20.3 Å². The molecule has 0 bridgehead atoms. The van der Waals surface area contributed by atoms with Gasteiger partial charge in [-0.25, -0.2) is 15.0 Å². The maximum atomic E-state index is 5.77. The third kappa shape index (κ3) is 2.58. The van der Waals surface area contributed by atoms with Crippen molar-refractivity contribution >= 4 is 23.1 Å². The molecule has 5 nitrogen and oxygen atoms in total. The Morgan fingerprint density at radius 3 is 2.94 bits per heavy atom. The molecule has 0 fully saturated rings. The normalized spacial score (nSPS) is 10.1. The fourth-order valence-corrected chi connectivity index (χ4v) is 1.33. The number of nitrogens with two attached hydrogens (primary N) is 1. The summed E-state index contributed by atoms with van der Waals surface area (Å²) in [5, 5.41) is 3.46. The van der Waals surface area contributed by atoms with E-state index in [9.17, 15) is 0 Å². The van der Waals surface area contributed by atoms with Gasteiger partial charge in [-0.3, -0.25) is 0 Å². The van der Waals surface area contributed by atoms with E-state index in [0.717, 1.165) is 5.69 Å². The van der Waals surface area contributed by atoms with Gasteiger partial charge in [-0.05, 0) is 18.2 Å². The third-order valence-electron chi connectivity index (χ3n) is 1.97. The van der Waals surface area contributed by atoms with Crippen molar-refractivity contribution in [1.82, 2.24) is 15.0 Å². The van der Waals surface area contributed by atoms with Gasteiger partial charge in [0.1, 0.15) is 11.5 Å². The minimum atomic E-state index is 0.402. The number of nitrogens with one attached hydrogen (secondary N) is 1. The zero-order chi connectivity index (χ0) is 11.4. The van der Waals surface area contributed by atoms with Gasteiger partial charge in [0.2, 0.25) is 0 Å². The summed E-state index contributed by atoms with van der Waals surface area (Å²) < 4.78 is 0. The van der Waals surface area contributed by atoms with Crippen molar-refractivity contribution in [1.29, 1.82) is 0 Å². The van der Waals surface area contributed by atoms with Crippen LogP contribution in [0.2, 0.25) is 5.15 Å². The number of hydrogen-bond donors (Lipinski definition) is 2. The molecule has 3 N–H and O–H groups in total. The zero-order valence-corrected chi connectivity index (χ0v) is 9.15. The average Bonchev–Trinajstić information content (AvgIpc) is 2.32. The van der Waals surface area contributed by atoms with Gasteiger partial charge < -0.3 is 11.1 Å². The largest absolute Gasteiger partial charge is 0.396 e. The highest BCUT2D eigenvalue weighted by Gasteiger charge is 2.01. The van der Waals surface area contributed by atoms with Crippen molar-refractivity contribution in [2.24, 2.45) is 0 Å². The lowest BCUT2D eigenvalue weighted by molar-refractivity contribution is 0.997. The highest BCUT2D eigenvalue weighted by Crippen LogP contribution is 2.18. The van der Waals surface area contributed by atoms with Crippen LogP contribution in [0.3, 0.4) is 0 Å². The molecule has 82 valence electrons. The number of nitrogen functional groups attached to an aromatic ring is 1. The van der Waals surface area contributed by atoms with Crippen LogP contribution < -0.4 is 11.1 Å². The molecule has 2 aromatic rings. The molecule has 2 aromatic heterocycles. The Labute approximate surface area is 97.7 Å². The second-order valence-corrected chi connectivity index (χ2v) is 3.51. The summed E-state index contributed by atoms with van der Waals surface area (Å²) in [4.78, 5) is 12.0. The zero-order valence-electron chi connectivity index (χ0n) is 8.39. The molecule has 0 aliphatic heterocycles. The van der Waals surface area contributed by atoms with E-state index in [1.54, 1.807) is 18.3 Å². The molecule has 0 spiro atoms. The Morgan fingerprint density at radius 2 is 2.19 bits per heavy atom. The van der Waals surface area contributed by atoms with E-state index in [1.165, 1.54) is 6.33 Å². The van der Waals surface area contributed by atoms with Gasteiger partial charge in [-0.1, -0.05) is 11.6 Å². The monoisotopic (exact) mass is 235 g/mol. The SMILES string of the molecule is Nc1ccc(Cl)nc1NCc1ccncn1. The number of halogens is 1. The van der Waals surface area contributed by atoms with E-state index in [-0.39, 0.29) is 0 Å². The maximum Gasteiger partial charge on any atom is 0.151 e. The molecule has 0 saturated carbocycles. The van der Waals surface area contributed by atoms with Gasteiger partial charge >= 0.3 is 0 Å².